The highest BCUT2D eigenvalue weighted by molar-refractivity contribution is 7.15. The fraction of sp³-hybridized carbons (Fsp3) is 0.333. The molecule has 1 aliphatic heterocycles. The Morgan fingerprint density at radius 2 is 1.91 bits per heavy atom. The lowest BCUT2D eigenvalue weighted by Gasteiger charge is -2.11. The summed E-state index contributed by atoms with van der Waals surface area (Å²) in [6.45, 7) is 6.75. The number of nitrogens with zero attached hydrogens (tertiary/aromatic N) is 5. The predicted molar refractivity (Wildman–Crippen MR) is 126 cm³/mol. The lowest BCUT2D eigenvalue weighted by molar-refractivity contribution is -0.137. The number of fused-ring (bicyclic) bond motifs is 3. The number of thiophene rings is 1. The zero-order chi connectivity index (χ0) is 23.0. The normalized spacial score (nSPS) is 14.8. The molecule has 0 bridgehead atoms. The molecule has 0 fully saturated rings. The van der Waals surface area contributed by atoms with Gasteiger partial charge < -0.3 is 5.11 Å². The Hall–Kier alpha value is -3.28. The van der Waals surface area contributed by atoms with Gasteiger partial charge in [-0.1, -0.05) is 24.0 Å². The van der Waals surface area contributed by atoms with Crippen molar-refractivity contribution in [3.8, 4) is 16.8 Å². The van der Waals surface area contributed by atoms with Crippen LogP contribution < -0.4 is 0 Å². The standard InChI is InChI=1S/C24H25N5O2S/c1-14-15(2)32-24-21(14)22(18-10-8-17(9-11-18)7-6-12-28(4)5)25-19(13-20(30)31)23-27-26-16(3)29(23)24/h8-11,19H,12-13H2,1-5H3,(H,30,31)/t19-/m0/s1. The van der Waals surface area contributed by atoms with E-state index in [1.807, 2.05) is 54.8 Å². The maximum absolute atomic E-state index is 11.6. The summed E-state index contributed by atoms with van der Waals surface area (Å²) in [7, 11) is 3.97. The van der Waals surface area contributed by atoms with Crippen LogP contribution in [0.2, 0.25) is 0 Å². The molecule has 1 aromatic carbocycles. The highest BCUT2D eigenvalue weighted by atomic mass is 32.1. The molecule has 1 atom stereocenters. The molecule has 2 aromatic heterocycles. The van der Waals surface area contributed by atoms with Crippen LogP contribution in [0.25, 0.3) is 5.00 Å². The number of carbonyl (C=O) groups is 1. The molecule has 3 aromatic rings. The van der Waals surface area contributed by atoms with Gasteiger partial charge in [0.15, 0.2) is 5.82 Å². The Balaban J connectivity index is 1.86. The fourth-order valence-corrected chi connectivity index (χ4v) is 4.92. The van der Waals surface area contributed by atoms with Crippen LogP contribution in [0.1, 0.15) is 51.2 Å². The summed E-state index contributed by atoms with van der Waals surface area (Å²) in [5.41, 5.74) is 4.78. The quantitative estimate of drug-likeness (QED) is 0.619. The predicted octanol–water partition coefficient (Wildman–Crippen LogP) is 3.53. The zero-order valence-electron chi connectivity index (χ0n) is 18.8. The molecule has 0 spiro atoms. The monoisotopic (exact) mass is 447 g/mol. The van der Waals surface area contributed by atoms with Crippen molar-refractivity contribution in [2.45, 2.75) is 33.2 Å². The minimum Gasteiger partial charge on any atom is -0.481 e. The first-order valence-electron chi connectivity index (χ1n) is 10.3. The average Bonchev–Trinajstić information content (AvgIpc) is 3.20. The second-order valence-corrected chi connectivity index (χ2v) is 9.32. The molecule has 0 aliphatic carbocycles. The summed E-state index contributed by atoms with van der Waals surface area (Å²) in [6.07, 6.45) is -0.150. The van der Waals surface area contributed by atoms with Crippen LogP contribution in [0.15, 0.2) is 29.3 Å². The third kappa shape index (κ3) is 4.09. The summed E-state index contributed by atoms with van der Waals surface area (Å²) in [5, 5.41) is 19.0. The molecule has 0 amide bonds. The Morgan fingerprint density at radius 1 is 1.19 bits per heavy atom. The van der Waals surface area contributed by atoms with E-state index in [1.54, 1.807) is 11.3 Å². The van der Waals surface area contributed by atoms with Crippen LogP contribution in [-0.2, 0) is 4.79 Å². The zero-order valence-corrected chi connectivity index (χ0v) is 19.6. The van der Waals surface area contributed by atoms with Gasteiger partial charge in [-0.05, 0) is 52.6 Å². The van der Waals surface area contributed by atoms with Crippen molar-refractivity contribution in [3.05, 3.63) is 63.0 Å². The van der Waals surface area contributed by atoms with Crippen molar-refractivity contribution in [3.63, 3.8) is 0 Å². The Morgan fingerprint density at radius 3 is 2.56 bits per heavy atom. The third-order valence-corrected chi connectivity index (χ3v) is 6.59. The maximum atomic E-state index is 11.6. The van der Waals surface area contributed by atoms with E-state index in [-0.39, 0.29) is 6.42 Å². The van der Waals surface area contributed by atoms with Crippen molar-refractivity contribution in [1.29, 1.82) is 0 Å². The van der Waals surface area contributed by atoms with Crippen molar-refractivity contribution >= 4 is 23.0 Å². The number of carboxylic acids is 1. The summed E-state index contributed by atoms with van der Waals surface area (Å²) >= 11 is 1.66. The van der Waals surface area contributed by atoms with Gasteiger partial charge in [-0.3, -0.25) is 19.3 Å². The molecule has 0 radical (unpaired) electrons. The Labute approximate surface area is 191 Å². The molecule has 8 heteroatoms. The van der Waals surface area contributed by atoms with E-state index in [2.05, 4.69) is 35.9 Å². The summed E-state index contributed by atoms with van der Waals surface area (Å²) in [4.78, 5) is 19.8. The number of rotatable bonds is 4. The second kappa shape index (κ2) is 8.69. The largest absolute Gasteiger partial charge is 0.481 e. The highest BCUT2D eigenvalue weighted by Gasteiger charge is 2.32. The first-order valence-corrected chi connectivity index (χ1v) is 11.1. The van der Waals surface area contributed by atoms with E-state index < -0.39 is 12.0 Å². The van der Waals surface area contributed by atoms with Gasteiger partial charge in [0, 0.05) is 21.6 Å². The van der Waals surface area contributed by atoms with Crippen LogP contribution >= 0.6 is 11.3 Å². The van der Waals surface area contributed by atoms with Gasteiger partial charge >= 0.3 is 5.97 Å². The van der Waals surface area contributed by atoms with Crippen LogP contribution in [0.4, 0.5) is 0 Å². The molecular weight excluding hydrogens is 422 g/mol. The molecule has 32 heavy (non-hydrogen) atoms. The summed E-state index contributed by atoms with van der Waals surface area (Å²) < 4.78 is 1.96. The van der Waals surface area contributed by atoms with Crippen molar-refractivity contribution in [2.75, 3.05) is 20.6 Å². The number of aromatic nitrogens is 3. The number of hydrogen-bond acceptors (Lipinski definition) is 6. The number of aliphatic carboxylic acids is 1. The van der Waals surface area contributed by atoms with Gasteiger partial charge in [-0.15, -0.1) is 21.5 Å². The van der Waals surface area contributed by atoms with Crippen LogP contribution in [0.3, 0.4) is 0 Å². The maximum Gasteiger partial charge on any atom is 0.306 e. The molecule has 164 valence electrons. The van der Waals surface area contributed by atoms with Gasteiger partial charge in [0.25, 0.3) is 0 Å². The Bertz CT molecular complexity index is 1270. The van der Waals surface area contributed by atoms with E-state index >= 15 is 0 Å². The van der Waals surface area contributed by atoms with E-state index in [0.29, 0.717) is 12.4 Å². The van der Waals surface area contributed by atoms with Crippen LogP contribution in [0, 0.1) is 32.6 Å². The molecular formula is C24H25N5O2S. The number of aliphatic imine (C=N–C) groups is 1. The van der Waals surface area contributed by atoms with E-state index in [9.17, 15) is 9.90 Å². The molecule has 1 aliphatic rings. The molecule has 0 unspecified atom stereocenters. The van der Waals surface area contributed by atoms with Crippen molar-refractivity contribution in [1.82, 2.24) is 19.7 Å². The molecule has 0 saturated heterocycles. The van der Waals surface area contributed by atoms with E-state index in [4.69, 9.17) is 4.99 Å². The van der Waals surface area contributed by atoms with E-state index in [1.165, 1.54) is 4.88 Å². The molecule has 3 heterocycles. The van der Waals surface area contributed by atoms with Gasteiger partial charge in [-0.25, -0.2) is 0 Å². The first kappa shape index (κ1) is 21.9. The summed E-state index contributed by atoms with van der Waals surface area (Å²) in [6, 6.07) is 7.36. The molecule has 4 rings (SSSR count). The highest BCUT2D eigenvalue weighted by Crippen LogP contribution is 2.39. The number of carboxylic acid groups (broad SMARTS) is 1. The van der Waals surface area contributed by atoms with Gasteiger partial charge in [-0.2, -0.15) is 0 Å². The Kier molecular flexibility index (Phi) is 5.96. The molecule has 7 nitrogen and oxygen atoms in total. The smallest absolute Gasteiger partial charge is 0.306 e. The SMILES string of the molecule is Cc1sc2c(c1C)C(c1ccc(C#CCN(C)C)cc1)=N[C@@H](CC(=O)O)c1nnc(C)n1-2. The molecule has 0 saturated carbocycles. The first-order chi connectivity index (χ1) is 15.3. The topological polar surface area (TPSA) is 83.6 Å². The minimum absolute atomic E-state index is 0.150. The van der Waals surface area contributed by atoms with Gasteiger partial charge in [0.05, 0.1) is 18.7 Å². The lowest BCUT2D eigenvalue weighted by atomic mass is 9.98. The summed E-state index contributed by atoms with van der Waals surface area (Å²) in [5.74, 6) is 6.69. The lowest BCUT2D eigenvalue weighted by Crippen LogP contribution is -2.11. The third-order valence-electron chi connectivity index (χ3n) is 5.39. The number of benzene rings is 1. The molecule has 1 N–H and O–H groups in total. The van der Waals surface area contributed by atoms with Crippen LogP contribution in [-0.4, -0.2) is 57.1 Å². The fourth-order valence-electron chi connectivity index (χ4n) is 3.70. The average molecular weight is 448 g/mol. The number of aryl methyl sites for hydroxylation is 2. The minimum atomic E-state index is -0.921. The van der Waals surface area contributed by atoms with Gasteiger partial charge in [0.1, 0.15) is 16.9 Å². The van der Waals surface area contributed by atoms with E-state index in [0.717, 1.165) is 38.8 Å². The van der Waals surface area contributed by atoms with Crippen molar-refractivity contribution in [2.24, 2.45) is 4.99 Å². The van der Waals surface area contributed by atoms with Crippen LogP contribution in [0.5, 0.6) is 0 Å². The van der Waals surface area contributed by atoms with Gasteiger partial charge in [0.2, 0.25) is 0 Å². The number of hydrogen-bond donors (Lipinski definition) is 1. The van der Waals surface area contributed by atoms with Crippen molar-refractivity contribution < 1.29 is 9.90 Å². The second-order valence-electron chi connectivity index (χ2n) is 8.11.